The molecule has 0 N–H and O–H groups in total. The maximum atomic E-state index is 12.8. The van der Waals surface area contributed by atoms with Crippen LogP contribution in [0.25, 0.3) is 0 Å². The summed E-state index contributed by atoms with van der Waals surface area (Å²) in [6.45, 7) is -1.53. The molecule has 2 atom stereocenters. The van der Waals surface area contributed by atoms with Crippen LogP contribution in [-0.2, 0) is 4.74 Å². The average molecular weight is 230 g/mol. The van der Waals surface area contributed by atoms with E-state index >= 15 is 0 Å². The van der Waals surface area contributed by atoms with Gasteiger partial charge in [0.05, 0.1) is 26.6 Å². The lowest BCUT2D eigenvalue weighted by Gasteiger charge is -2.10. The molecular weight excluding hydrogens is 212 g/mol. The maximum Gasteiger partial charge on any atom is 0.123 e. The van der Waals surface area contributed by atoms with E-state index in [2.05, 4.69) is 0 Å². The summed E-state index contributed by atoms with van der Waals surface area (Å²) in [5.74, 6) is 0. The molecule has 0 aliphatic rings. The van der Waals surface area contributed by atoms with Gasteiger partial charge in [-0.1, -0.05) is 0 Å². The monoisotopic (exact) mass is 230 g/mol. The summed E-state index contributed by atoms with van der Waals surface area (Å²) in [5.41, 5.74) is 0. The van der Waals surface area contributed by atoms with Crippen LogP contribution >= 0.6 is 0 Å². The normalized spacial score (nSPS) is 15.2. The van der Waals surface area contributed by atoms with Crippen molar-refractivity contribution >= 4 is 0 Å². The lowest BCUT2D eigenvalue weighted by Crippen LogP contribution is -2.17. The molecule has 0 amide bonds. The molecule has 0 saturated heterocycles. The van der Waals surface area contributed by atoms with Gasteiger partial charge in [0.1, 0.15) is 12.3 Å². The second kappa shape index (κ2) is 10.2. The molecule has 0 aliphatic carbocycles. The van der Waals surface area contributed by atoms with Crippen LogP contribution in [0.15, 0.2) is 0 Å². The summed E-state index contributed by atoms with van der Waals surface area (Å²) < 4.78 is 53.7. The molecule has 15 heavy (non-hydrogen) atoms. The fourth-order valence-corrected chi connectivity index (χ4v) is 1.09. The number of halogens is 4. The number of hydrogen-bond acceptors (Lipinski definition) is 1. The van der Waals surface area contributed by atoms with Gasteiger partial charge in [0.2, 0.25) is 0 Å². The van der Waals surface area contributed by atoms with Crippen molar-refractivity contribution < 1.29 is 22.3 Å². The van der Waals surface area contributed by atoms with Crippen LogP contribution in [0.2, 0.25) is 0 Å². The zero-order valence-corrected chi connectivity index (χ0v) is 8.73. The molecule has 92 valence electrons. The summed E-state index contributed by atoms with van der Waals surface area (Å²) in [7, 11) is 0. The van der Waals surface area contributed by atoms with Crippen molar-refractivity contribution in [2.24, 2.45) is 0 Å². The number of ether oxygens (including phenoxy) is 1. The summed E-state index contributed by atoms with van der Waals surface area (Å²) >= 11 is 0. The van der Waals surface area contributed by atoms with E-state index in [9.17, 15) is 17.6 Å². The molecule has 0 aromatic rings. The first-order valence-electron chi connectivity index (χ1n) is 5.18. The first-order chi connectivity index (χ1) is 7.20. The minimum atomic E-state index is -1.24. The summed E-state index contributed by atoms with van der Waals surface area (Å²) in [6, 6.07) is 0. The Hall–Kier alpha value is -0.320. The molecule has 0 aromatic heterocycles. The highest BCUT2D eigenvalue weighted by atomic mass is 19.1. The Bertz CT molecular complexity index is 121. The molecule has 0 rings (SSSR count). The van der Waals surface area contributed by atoms with Crippen molar-refractivity contribution in [3.05, 3.63) is 0 Å². The molecule has 0 aliphatic heterocycles. The Labute approximate surface area is 87.8 Å². The van der Waals surface area contributed by atoms with E-state index < -0.39 is 25.7 Å². The van der Waals surface area contributed by atoms with Gasteiger partial charge in [-0.25, -0.2) is 8.78 Å². The third-order valence-electron chi connectivity index (χ3n) is 1.90. The first kappa shape index (κ1) is 14.7. The molecule has 0 bridgehead atoms. The maximum absolute atomic E-state index is 12.8. The minimum Gasteiger partial charge on any atom is -0.375 e. The topological polar surface area (TPSA) is 9.23 Å². The van der Waals surface area contributed by atoms with E-state index in [-0.39, 0.29) is 38.9 Å². The fraction of sp³-hybridized carbons (Fsp3) is 1.00. The molecular formula is C10H18F4O. The predicted octanol–water partition coefficient (Wildman–Crippen LogP) is 3.18. The lowest BCUT2D eigenvalue weighted by molar-refractivity contribution is 0.0388. The predicted molar refractivity (Wildman–Crippen MR) is 51.0 cm³/mol. The van der Waals surface area contributed by atoms with Crippen LogP contribution in [0.4, 0.5) is 17.6 Å². The third-order valence-corrected chi connectivity index (χ3v) is 1.90. The smallest absolute Gasteiger partial charge is 0.123 e. The highest BCUT2D eigenvalue weighted by Crippen LogP contribution is 2.06. The highest BCUT2D eigenvalue weighted by molar-refractivity contribution is 4.58. The van der Waals surface area contributed by atoms with Crippen LogP contribution < -0.4 is 0 Å². The zero-order chi connectivity index (χ0) is 11.5. The number of rotatable bonds is 10. The highest BCUT2D eigenvalue weighted by Gasteiger charge is 2.10. The molecule has 0 saturated carbocycles. The Kier molecular flexibility index (Phi) is 9.99. The third kappa shape index (κ3) is 9.97. The van der Waals surface area contributed by atoms with Crippen molar-refractivity contribution in [3.63, 3.8) is 0 Å². The fourth-order valence-electron chi connectivity index (χ4n) is 1.09. The second-order valence-electron chi connectivity index (χ2n) is 3.39. The molecule has 5 heteroatoms. The van der Waals surface area contributed by atoms with E-state index in [0.717, 1.165) is 0 Å². The molecule has 0 radical (unpaired) electrons. The van der Waals surface area contributed by atoms with Gasteiger partial charge in [-0.15, -0.1) is 0 Å². The van der Waals surface area contributed by atoms with Gasteiger partial charge in [-0.2, -0.15) is 0 Å². The number of hydrogen-bond donors (Lipinski definition) is 0. The molecule has 0 fully saturated rings. The van der Waals surface area contributed by atoms with Crippen LogP contribution in [0.5, 0.6) is 0 Å². The van der Waals surface area contributed by atoms with Gasteiger partial charge < -0.3 is 4.74 Å². The van der Waals surface area contributed by atoms with Gasteiger partial charge in [-0.3, -0.25) is 8.78 Å². The van der Waals surface area contributed by atoms with Crippen molar-refractivity contribution in [1.82, 2.24) is 0 Å². The standard InChI is InChI=1S/C10H18F4O/c11-5-1-3-9(13)7-15-8-10(14)4-2-6-12/h9-10H,1-8H2. The molecule has 2 unspecified atom stereocenters. The summed E-state index contributed by atoms with van der Waals surface area (Å²) in [6.07, 6.45) is -1.98. The first-order valence-corrected chi connectivity index (χ1v) is 5.18. The Morgan fingerprint density at radius 3 is 1.53 bits per heavy atom. The molecule has 0 aromatic carbocycles. The van der Waals surface area contributed by atoms with Crippen molar-refractivity contribution in [3.8, 4) is 0 Å². The van der Waals surface area contributed by atoms with Gasteiger partial charge in [0, 0.05) is 0 Å². The second-order valence-corrected chi connectivity index (χ2v) is 3.39. The average Bonchev–Trinajstić information content (AvgIpc) is 2.23. The zero-order valence-electron chi connectivity index (χ0n) is 8.73. The molecule has 1 nitrogen and oxygen atoms in total. The van der Waals surface area contributed by atoms with E-state index in [4.69, 9.17) is 4.74 Å². The molecule has 0 heterocycles. The van der Waals surface area contributed by atoms with Crippen LogP contribution in [0, 0.1) is 0 Å². The minimum absolute atomic E-state index is 0.0952. The Morgan fingerprint density at radius 2 is 1.20 bits per heavy atom. The van der Waals surface area contributed by atoms with Gasteiger partial charge in [0.15, 0.2) is 0 Å². The van der Waals surface area contributed by atoms with Crippen molar-refractivity contribution in [1.29, 1.82) is 0 Å². The van der Waals surface area contributed by atoms with Crippen molar-refractivity contribution in [2.45, 2.75) is 38.0 Å². The van der Waals surface area contributed by atoms with Crippen molar-refractivity contribution in [2.75, 3.05) is 26.6 Å². The van der Waals surface area contributed by atoms with Gasteiger partial charge in [-0.05, 0) is 25.7 Å². The van der Waals surface area contributed by atoms with Crippen LogP contribution in [0.3, 0.4) is 0 Å². The molecule has 0 spiro atoms. The van der Waals surface area contributed by atoms with Crippen LogP contribution in [0.1, 0.15) is 25.7 Å². The SMILES string of the molecule is FCCCC(F)COCC(F)CCCF. The van der Waals surface area contributed by atoms with E-state index in [1.54, 1.807) is 0 Å². The quantitative estimate of drug-likeness (QED) is 0.524. The lowest BCUT2D eigenvalue weighted by atomic mass is 10.2. The summed E-state index contributed by atoms with van der Waals surface area (Å²) in [5, 5.41) is 0. The number of alkyl halides is 4. The van der Waals surface area contributed by atoms with E-state index in [0.29, 0.717) is 0 Å². The largest absolute Gasteiger partial charge is 0.375 e. The van der Waals surface area contributed by atoms with Gasteiger partial charge in [0.25, 0.3) is 0 Å². The van der Waals surface area contributed by atoms with E-state index in [1.165, 1.54) is 0 Å². The Balaban J connectivity index is 3.27. The van der Waals surface area contributed by atoms with Crippen LogP contribution in [-0.4, -0.2) is 38.9 Å². The Morgan fingerprint density at radius 1 is 0.800 bits per heavy atom. The van der Waals surface area contributed by atoms with E-state index in [1.807, 2.05) is 0 Å². The summed E-state index contributed by atoms with van der Waals surface area (Å²) in [4.78, 5) is 0. The van der Waals surface area contributed by atoms with Gasteiger partial charge >= 0.3 is 0 Å².